The van der Waals surface area contributed by atoms with Gasteiger partial charge in [-0.2, -0.15) is 0 Å². The second-order valence-electron chi connectivity index (χ2n) is 6.96. The third-order valence-electron chi connectivity index (χ3n) is 4.94. The highest BCUT2D eigenvalue weighted by atomic mass is 16.5. The minimum absolute atomic E-state index is 0.0518. The molecule has 0 bridgehead atoms. The molecular weight excluding hydrogens is 348 g/mol. The summed E-state index contributed by atoms with van der Waals surface area (Å²) in [6.45, 7) is 3.42. The molecule has 0 spiro atoms. The molecule has 1 aliphatic rings. The molecule has 2 heterocycles. The number of H-pyrrole nitrogens is 1. The maximum atomic E-state index is 12.6. The van der Waals surface area contributed by atoms with Crippen molar-refractivity contribution < 1.29 is 14.6 Å². The molecule has 0 radical (unpaired) electrons. The van der Waals surface area contributed by atoms with Crippen LogP contribution < -0.4 is 15.6 Å². The highest BCUT2D eigenvalue weighted by Crippen LogP contribution is 2.38. The lowest BCUT2D eigenvalue weighted by Crippen LogP contribution is -2.42. The Kier molecular flexibility index (Phi) is 5.55. The molecule has 8 heteroatoms. The van der Waals surface area contributed by atoms with Gasteiger partial charge in [0.25, 0.3) is 5.56 Å². The van der Waals surface area contributed by atoms with Gasteiger partial charge in [0.05, 0.1) is 25.7 Å². The van der Waals surface area contributed by atoms with Crippen molar-refractivity contribution in [1.29, 1.82) is 0 Å². The molecule has 1 aliphatic carbocycles. The van der Waals surface area contributed by atoms with Crippen LogP contribution in [0.15, 0.2) is 23.1 Å². The van der Waals surface area contributed by atoms with Gasteiger partial charge < -0.3 is 20.1 Å². The molecule has 1 unspecified atom stereocenters. The summed E-state index contributed by atoms with van der Waals surface area (Å²) >= 11 is 0. The van der Waals surface area contributed by atoms with Gasteiger partial charge in [-0.1, -0.05) is 6.07 Å². The number of aromatic amines is 1. The molecule has 2 aromatic heterocycles. The number of hydrogen-bond donors (Lipinski definition) is 3. The maximum absolute atomic E-state index is 12.6. The number of nitrogens with zero attached hydrogens (tertiary/aromatic N) is 2. The van der Waals surface area contributed by atoms with Crippen molar-refractivity contribution in [2.45, 2.75) is 45.3 Å². The first-order valence-corrected chi connectivity index (χ1v) is 8.91. The number of aromatic nitrogens is 3. The van der Waals surface area contributed by atoms with Crippen molar-refractivity contribution in [1.82, 2.24) is 20.3 Å². The highest BCUT2D eigenvalue weighted by molar-refractivity contribution is 5.79. The quantitative estimate of drug-likeness (QED) is 0.695. The van der Waals surface area contributed by atoms with Crippen molar-refractivity contribution >= 4 is 5.91 Å². The Morgan fingerprint density at radius 2 is 2.15 bits per heavy atom. The zero-order valence-electron chi connectivity index (χ0n) is 15.7. The van der Waals surface area contributed by atoms with Gasteiger partial charge in [-0.05, 0) is 38.2 Å². The molecule has 144 valence electrons. The number of aliphatic hydroxyl groups is 1. The van der Waals surface area contributed by atoms with Crippen LogP contribution in [0.4, 0.5) is 0 Å². The molecule has 8 nitrogen and oxygen atoms in total. The topological polar surface area (TPSA) is 117 Å². The fourth-order valence-electron chi connectivity index (χ4n) is 3.42. The van der Waals surface area contributed by atoms with Crippen molar-refractivity contribution in [3.63, 3.8) is 0 Å². The predicted molar refractivity (Wildman–Crippen MR) is 98.4 cm³/mol. The molecule has 1 saturated carbocycles. The molecular formula is C19H24N4O4. The monoisotopic (exact) mass is 372 g/mol. The Labute approximate surface area is 157 Å². The fourth-order valence-corrected chi connectivity index (χ4v) is 3.42. The largest absolute Gasteiger partial charge is 0.481 e. The van der Waals surface area contributed by atoms with E-state index in [1.165, 1.54) is 0 Å². The molecule has 0 aliphatic heterocycles. The lowest BCUT2D eigenvalue weighted by molar-refractivity contribution is -0.122. The summed E-state index contributed by atoms with van der Waals surface area (Å²) in [7, 11) is 1.54. The van der Waals surface area contributed by atoms with Gasteiger partial charge in [-0.25, -0.2) is 9.97 Å². The Morgan fingerprint density at radius 3 is 2.70 bits per heavy atom. The Morgan fingerprint density at radius 1 is 1.41 bits per heavy atom. The summed E-state index contributed by atoms with van der Waals surface area (Å²) in [5.41, 5.74) is 1.46. The number of rotatable bonds is 6. The van der Waals surface area contributed by atoms with E-state index in [1.807, 2.05) is 6.07 Å². The van der Waals surface area contributed by atoms with Crippen LogP contribution in [0.2, 0.25) is 0 Å². The summed E-state index contributed by atoms with van der Waals surface area (Å²) in [4.78, 5) is 35.8. The number of pyridine rings is 1. The number of carbonyl (C=O) groups excluding carboxylic acids is 1. The summed E-state index contributed by atoms with van der Waals surface area (Å²) in [5.74, 6) is 0.865. The van der Waals surface area contributed by atoms with Gasteiger partial charge in [0, 0.05) is 23.5 Å². The van der Waals surface area contributed by atoms with Crippen molar-refractivity contribution in [3.8, 4) is 5.88 Å². The van der Waals surface area contributed by atoms with E-state index >= 15 is 0 Å². The van der Waals surface area contributed by atoms with Gasteiger partial charge >= 0.3 is 0 Å². The minimum atomic E-state index is -0.341. The van der Waals surface area contributed by atoms with Crippen LogP contribution in [0.3, 0.4) is 0 Å². The molecule has 0 aromatic carbocycles. The summed E-state index contributed by atoms with van der Waals surface area (Å²) in [6.07, 6.45) is 2.50. The van der Waals surface area contributed by atoms with Crippen LogP contribution in [0.1, 0.15) is 41.5 Å². The number of ether oxygens (including phenoxy) is 1. The predicted octanol–water partition coefficient (Wildman–Crippen LogP) is 0.961. The first-order valence-electron chi connectivity index (χ1n) is 8.91. The van der Waals surface area contributed by atoms with Crippen LogP contribution in [-0.2, 0) is 11.2 Å². The number of aryl methyl sites for hydroxylation is 2. The van der Waals surface area contributed by atoms with E-state index in [-0.39, 0.29) is 36.0 Å². The molecule has 1 atom stereocenters. The Bertz CT molecular complexity index is 872. The molecule has 27 heavy (non-hydrogen) atoms. The molecule has 3 N–H and O–H groups in total. The SMILES string of the molecule is COc1ccc(C(NC(=O)Cc2c(C)nc(C)[nH]c2=O)C2CC(O)C2)cn1. The average molecular weight is 372 g/mol. The first kappa shape index (κ1) is 19.0. The summed E-state index contributed by atoms with van der Waals surface area (Å²) < 4.78 is 5.08. The number of carbonyl (C=O) groups is 1. The van der Waals surface area contributed by atoms with E-state index in [1.54, 1.807) is 33.2 Å². The van der Waals surface area contributed by atoms with Crippen LogP contribution >= 0.6 is 0 Å². The van der Waals surface area contributed by atoms with Crippen molar-refractivity contribution in [2.24, 2.45) is 5.92 Å². The Balaban J connectivity index is 1.77. The number of aliphatic hydroxyl groups excluding tert-OH is 1. The highest BCUT2D eigenvalue weighted by Gasteiger charge is 2.36. The van der Waals surface area contributed by atoms with Gasteiger partial charge in [0.15, 0.2) is 0 Å². The van der Waals surface area contributed by atoms with Crippen LogP contribution in [0, 0.1) is 19.8 Å². The van der Waals surface area contributed by atoms with Crippen LogP contribution in [0.25, 0.3) is 0 Å². The standard InChI is InChI=1S/C19H24N4O4/c1-10-15(19(26)22-11(2)21-10)8-16(25)23-18(13-6-14(24)7-13)12-4-5-17(27-3)20-9-12/h4-5,9,13-14,18,24H,6-8H2,1-3H3,(H,23,25)(H,21,22,26). The number of amides is 1. The normalized spacial score (nSPS) is 19.9. The van der Waals surface area contributed by atoms with Crippen LogP contribution in [0.5, 0.6) is 5.88 Å². The molecule has 2 aromatic rings. The Hall–Kier alpha value is -2.74. The number of methoxy groups -OCH3 is 1. The third-order valence-corrected chi connectivity index (χ3v) is 4.94. The van der Waals surface area contributed by atoms with E-state index in [0.717, 1.165) is 5.56 Å². The molecule has 1 amide bonds. The van der Waals surface area contributed by atoms with E-state index in [4.69, 9.17) is 4.74 Å². The summed E-state index contributed by atoms with van der Waals surface area (Å²) in [6, 6.07) is 3.31. The molecule has 3 rings (SSSR count). The van der Waals surface area contributed by atoms with Gasteiger partial charge in [0.2, 0.25) is 11.8 Å². The smallest absolute Gasteiger partial charge is 0.254 e. The van der Waals surface area contributed by atoms with Crippen LogP contribution in [-0.4, -0.2) is 39.2 Å². The van der Waals surface area contributed by atoms with Gasteiger partial charge in [-0.15, -0.1) is 0 Å². The lowest BCUT2D eigenvalue weighted by atomic mass is 9.75. The molecule has 1 fully saturated rings. The van der Waals surface area contributed by atoms with Gasteiger partial charge in [0.1, 0.15) is 5.82 Å². The lowest BCUT2D eigenvalue weighted by Gasteiger charge is -2.38. The summed E-state index contributed by atoms with van der Waals surface area (Å²) in [5, 5.41) is 12.7. The van der Waals surface area contributed by atoms with Gasteiger partial charge in [-0.3, -0.25) is 9.59 Å². The van der Waals surface area contributed by atoms with E-state index in [9.17, 15) is 14.7 Å². The van der Waals surface area contributed by atoms with Crippen molar-refractivity contribution in [2.75, 3.05) is 7.11 Å². The minimum Gasteiger partial charge on any atom is -0.481 e. The number of nitrogens with one attached hydrogen (secondary N) is 2. The zero-order chi connectivity index (χ0) is 19.6. The van der Waals surface area contributed by atoms with E-state index < -0.39 is 0 Å². The number of hydrogen-bond acceptors (Lipinski definition) is 6. The maximum Gasteiger partial charge on any atom is 0.254 e. The second kappa shape index (κ2) is 7.87. The second-order valence-corrected chi connectivity index (χ2v) is 6.96. The van der Waals surface area contributed by atoms with E-state index in [0.29, 0.717) is 35.8 Å². The van der Waals surface area contributed by atoms with E-state index in [2.05, 4.69) is 20.3 Å². The first-order chi connectivity index (χ1) is 12.9. The third kappa shape index (κ3) is 4.33. The zero-order valence-corrected chi connectivity index (χ0v) is 15.7. The van der Waals surface area contributed by atoms with Crippen molar-refractivity contribution in [3.05, 3.63) is 51.3 Å². The molecule has 0 saturated heterocycles. The fraction of sp³-hybridized carbons (Fsp3) is 0.474. The average Bonchev–Trinajstić information content (AvgIpc) is 2.60.